The van der Waals surface area contributed by atoms with E-state index < -0.39 is 19.2 Å². The number of hydrogen-bond donors (Lipinski definition) is 0. The Bertz CT molecular complexity index is 372. The van der Waals surface area contributed by atoms with E-state index in [9.17, 15) is 18.0 Å². The molecule has 1 aromatic rings. The Morgan fingerprint density at radius 3 is 2.62 bits per heavy atom. The van der Waals surface area contributed by atoms with Gasteiger partial charge in [0.05, 0.1) is 13.0 Å². The van der Waals surface area contributed by atoms with Crippen LogP contribution in [0.5, 0.6) is 5.75 Å². The minimum atomic E-state index is -4.22. The van der Waals surface area contributed by atoms with Gasteiger partial charge >= 0.3 is 6.18 Å². The van der Waals surface area contributed by atoms with Crippen LogP contribution in [0.4, 0.5) is 13.2 Å². The fourth-order valence-electron chi connectivity index (χ4n) is 1.09. The van der Waals surface area contributed by atoms with Crippen LogP contribution in [0.1, 0.15) is 23.7 Å². The Kier molecular flexibility index (Phi) is 3.93. The maximum absolute atomic E-state index is 11.8. The highest BCUT2D eigenvalue weighted by Gasteiger charge is 2.26. The Hall–Kier alpha value is -1.52. The smallest absolute Gasteiger partial charge is 0.392 e. The monoisotopic (exact) mass is 232 g/mol. The van der Waals surface area contributed by atoms with E-state index in [1.54, 1.807) is 12.1 Å². The van der Waals surface area contributed by atoms with Gasteiger partial charge in [-0.15, -0.1) is 0 Å². The van der Waals surface area contributed by atoms with E-state index in [2.05, 4.69) is 0 Å². The van der Waals surface area contributed by atoms with Crippen LogP contribution < -0.4 is 4.74 Å². The molecule has 0 aromatic heterocycles. The lowest BCUT2D eigenvalue weighted by molar-refractivity contribution is -0.139. The highest BCUT2D eigenvalue weighted by molar-refractivity contribution is 5.94. The summed E-state index contributed by atoms with van der Waals surface area (Å²) in [6, 6.07) is 6.10. The van der Waals surface area contributed by atoms with Gasteiger partial charge in [0.15, 0.2) is 5.78 Å². The van der Waals surface area contributed by atoms with Crippen LogP contribution in [0, 0.1) is 0 Å². The van der Waals surface area contributed by atoms with Crippen molar-refractivity contribution in [3.05, 3.63) is 29.8 Å². The number of carbonyl (C=O) groups excluding carboxylic acids is 1. The molecule has 0 bridgehead atoms. The molecular formula is C11H11F3O2. The van der Waals surface area contributed by atoms with Crippen molar-refractivity contribution in [2.24, 2.45) is 0 Å². The van der Waals surface area contributed by atoms with E-state index in [1.807, 2.05) is 0 Å². The number of Topliss-reactive ketones (excluding diaryl/α,β-unsaturated/α-hetero) is 1. The van der Waals surface area contributed by atoms with Gasteiger partial charge < -0.3 is 4.74 Å². The summed E-state index contributed by atoms with van der Waals surface area (Å²) in [7, 11) is 0. The standard InChI is InChI=1S/C11H11F3O2/c1-8(15)9-3-2-4-10(7-9)16-6-5-11(12,13)14/h2-4,7H,5-6H2,1H3. The molecule has 1 rings (SSSR count). The zero-order valence-corrected chi connectivity index (χ0v) is 8.67. The molecule has 0 atom stereocenters. The second-order valence-corrected chi connectivity index (χ2v) is 3.30. The van der Waals surface area contributed by atoms with Gasteiger partial charge in [-0.2, -0.15) is 13.2 Å². The quantitative estimate of drug-likeness (QED) is 0.745. The Labute approximate surface area is 91.0 Å². The van der Waals surface area contributed by atoms with Crippen LogP contribution in [0.25, 0.3) is 0 Å². The Morgan fingerprint density at radius 1 is 1.38 bits per heavy atom. The second-order valence-electron chi connectivity index (χ2n) is 3.30. The predicted molar refractivity (Wildman–Crippen MR) is 52.6 cm³/mol. The number of carbonyl (C=O) groups is 1. The third-order valence-electron chi connectivity index (χ3n) is 1.89. The molecule has 16 heavy (non-hydrogen) atoms. The summed E-state index contributed by atoms with van der Waals surface area (Å²) in [4.78, 5) is 11.0. The van der Waals surface area contributed by atoms with E-state index in [0.29, 0.717) is 5.56 Å². The zero-order chi connectivity index (χ0) is 12.2. The minimum absolute atomic E-state index is 0.152. The molecule has 0 radical (unpaired) electrons. The normalized spacial score (nSPS) is 11.2. The van der Waals surface area contributed by atoms with Crippen molar-refractivity contribution in [1.82, 2.24) is 0 Å². The fraction of sp³-hybridized carbons (Fsp3) is 0.364. The molecule has 88 valence electrons. The van der Waals surface area contributed by atoms with Crippen LogP contribution in [-0.2, 0) is 0 Å². The van der Waals surface area contributed by atoms with Gasteiger partial charge in [-0.25, -0.2) is 0 Å². The van der Waals surface area contributed by atoms with Gasteiger partial charge in [-0.1, -0.05) is 12.1 Å². The van der Waals surface area contributed by atoms with Gasteiger partial charge in [0, 0.05) is 5.56 Å². The third kappa shape index (κ3) is 4.33. The number of benzene rings is 1. The van der Waals surface area contributed by atoms with Crippen LogP contribution in [0.3, 0.4) is 0 Å². The first-order chi connectivity index (χ1) is 7.38. The minimum Gasteiger partial charge on any atom is -0.493 e. The van der Waals surface area contributed by atoms with Crippen molar-refractivity contribution >= 4 is 5.78 Å². The Balaban J connectivity index is 2.55. The van der Waals surface area contributed by atoms with E-state index in [1.165, 1.54) is 19.1 Å². The molecule has 0 saturated carbocycles. The van der Waals surface area contributed by atoms with Crippen molar-refractivity contribution < 1.29 is 22.7 Å². The molecule has 0 spiro atoms. The van der Waals surface area contributed by atoms with Crippen molar-refractivity contribution in [3.8, 4) is 5.75 Å². The summed E-state index contributed by atoms with van der Waals surface area (Å²) < 4.78 is 40.4. The second kappa shape index (κ2) is 5.01. The van der Waals surface area contributed by atoms with Gasteiger partial charge in [0.25, 0.3) is 0 Å². The number of hydrogen-bond acceptors (Lipinski definition) is 2. The fourth-order valence-corrected chi connectivity index (χ4v) is 1.09. The summed E-state index contributed by atoms with van der Waals surface area (Å²) in [5.41, 5.74) is 0.421. The lowest BCUT2D eigenvalue weighted by Gasteiger charge is -2.09. The summed E-state index contributed by atoms with van der Waals surface area (Å²) in [6.07, 6.45) is -5.23. The maximum Gasteiger partial charge on any atom is 0.392 e. The number of alkyl halides is 3. The van der Waals surface area contributed by atoms with Crippen molar-refractivity contribution in [3.63, 3.8) is 0 Å². The number of ketones is 1. The van der Waals surface area contributed by atoms with Crippen molar-refractivity contribution in [1.29, 1.82) is 0 Å². The van der Waals surface area contributed by atoms with Crippen LogP contribution in [0.2, 0.25) is 0 Å². The average Bonchev–Trinajstić information content (AvgIpc) is 2.16. The number of rotatable bonds is 4. The van der Waals surface area contributed by atoms with Gasteiger partial charge in [-0.05, 0) is 19.1 Å². The molecule has 2 nitrogen and oxygen atoms in total. The van der Waals surface area contributed by atoms with Crippen molar-refractivity contribution in [2.45, 2.75) is 19.5 Å². The van der Waals surface area contributed by atoms with Crippen LogP contribution >= 0.6 is 0 Å². The van der Waals surface area contributed by atoms with E-state index >= 15 is 0 Å². The first kappa shape index (κ1) is 12.5. The van der Waals surface area contributed by atoms with Gasteiger partial charge in [0.2, 0.25) is 0 Å². The highest BCUT2D eigenvalue weighted by Crippen LogP contribution is 2.20. The first-order valence-electron chi connectivity index (χ1n) is 4.69. The van der Waals surface area contributed by atoms with Crippen LogP contribution in [0.15, 0.2) is 24.3 Å². The average molecular weight is 232 g/mol. The number of halogens is 3. The molecule has 0 saturated heterocycles. The van der Waals surface area contributed by atoms with E-state index in [0.717, 1.165) is 0 Å². The topological polar surface area (TPSA) is 26.3 Å². The van der Waals surface area contributed by atoms with Crippen LogP contribution in [-0.4, -0.2) is 18.6 Å². The Morgan fingerprint density at radius 2 is 2.06 bits per heavy atom. The zero-order valence-electron chi connectivity index (χ0n) is 8.67. The first-order valence-corrected chi connectivity index (χ1v) is 4.69. The van der Waals surface area contributed by atoms with Gasteiger partial charge in [0.1, 0.15) is 5.75 Å². The lowest BCUT2D eigenvalue weighted by Crippen LogP contribution is -2.13. The molecule has 1 aromatic carbocycles. The highest BCUT2D eigenvalue weighted by atomic mass is 19.4. The van der Waals surface area contributed by atoms with E-state index in [-0.39, 0.29) is 11.5 Å². The summed E-state index contributed by atoms with van der Waals surface area (Å²) in [6.45, 7) is 0.944. The molecule has 5 heteroatoms. The third-order valence-corrected chi connectivity index (χ3v) is 1.89. The predicted octanol–water partition coefficient (Wildman–Crippen LogP) is 3.22. The SMILES string of the molecule is CC(=O)c1cccc(OCCC(F)(F)F)c1. The largest absolute Gasteiger partial charge is 0.493 e. The van der Waals surface area contributed by atoms with E-state index in [4.69, 9.17) is 4.74 Å². The molecule has 0 aliphatic carbocycles. The molecule has 0 heterocycles. The summed E-state index contributed by atoms with van der Waals surface area (Å²) in [5.74, 6) is 0.123. The molecule has 0 fully saturated rings. The maximum atomic E-state index is 11.8. The van der Waals surface area contributed by atoms with Crippen molar-refractivity contribution in [2.75, 3.05) is 6.61 Å². The molecule has 0 aliphatic rings. The molecule has 0 unspecified atom stereocenters. The molecular weight excluding hydrogens is 221 g/mol. The molecule has 0 amide bonds. The lowest BCUT2D eigenvalue weighted by atomic mass is 10.1. The molecule has 0 aliphatic heterocycles. The van der Waals surface area contributed by atoms with Gasteiger partial charge in [-0.3, -0.25) is 4.79 Å². The summed E-state index contributed by atoms with van der Waals surface area (Å²) >= 11 is 0. The summed E-state index contributed by atoms with van der Waals surface area (Å²) in [5, 5.41) is 0. The number of ether oxygens (including phenoxy) is 1. The molecule has 0 N–H and O–H groups in total.